The van der Waals surface area contributed by atoms with Crippen LogP contribution < -0.4 is 5.32 Å². The zero-order valence-corrected chi connectivity index (χ0v) is 12.1. The molecule has 0 spiro atoms. The molecule has 0 saturated carbocycles. The van der Waals surface area contributed by atoms with Gasteiger partial charge in [0.2, 0.25) is 5.91 Å². The molecule has 5 nitrogen and oxygen atoms in total. The summed E-state index contributed by atoms with van der Waals surface area (Å²) in [6.07, 6.45) is 0.275. The number of rotatable bonds is 4. The number of nitrogens with zero attached hydrogens (tertiary/aromatic N) is 1. The lowest BCUT2D eigenvalue weighted by atomic mass is 10.0. The monoisotopic (exact) mass is 326 g/mol. The minimum absolute atomic E-state index is 0.172. The van der Waals surface area contributed by atoms with Gasteiger partial charge in [0.25, 0.3) is 0 Å². The summed E-state index contributed by atoms with van der Waals surface area (Å²) in [6, 6.07) is 6.96. The number of methoxy groups -OCH3 is 1. The predicted octanol–water partition coefficient (Wildman–Crippen LogP) is 2.08. The van der Waals surface area contributed by atoms with Gasteiger partial charge in [0.15, 0.2) is 0 Å². The number of imide groups is 1. The largest absolute Gasteiger partial charge is 0.383 e. The highest BCUT2D eigenvalue weighted by atomic mass is 79.9. The van der Waals surface area contributed by atoms with E-state index in [0.717, 1.165) is 10.0 Å². The number of hydrogen-bond acceptors (Lipinski definition) is 3. The fourth-order valence-corrected chi connectivity index (χ4v) is 2.25. The highest BCUT2D eigenvalue weighted by molar-refractivity contribution is 9.10. The average Bonchev–Trinajstić information content (AvgIpc) is 2.38. The van der Waals surface area contributed by atoms with E-state index in [-0.39, 0.29) is 30.9 Å². The fraction of sp³-hybridized carbons (Fsp3) is 0.385. The van der Waals surface area contributed by atoms with Gasteiger partial charge in [-0.1, -0.05) is 28.1 Å². The number of urea groups is 1. The number of carbonyl (C=O) groups excluding carboxylic acids is 2. The normalized spacial score (nSPS) is 19.5. The number of carbonyl (C=O) groups is 2. The molecule has 1 unspecified atom stereocenters. The molecule has 1 aromatic carbocycles. The zero-order valence-electron chi connectivity index (χ0n) is 10.6. The molecule has 2 rings (SSSR count). The van der Waals surface area contributed by atoms with Crippen LogP contribution in [0.15, 0.2) is 28.7 Å². The van der Waals surface area contributed by atoms with Crippen LogP contribution in [-0.4, -0.2) is 37.1 Å². The third-order valence-corrected chi connectivity index (χ3v) is 3.54. The predicted molar refractivity (Wildman–Crippen MR) is 73.6 cm³/mol. The second-order valence-corrected chi connectivity index (χ2v) is 5.21. The molecule has 0 bridgehead atoms. The van der Waals surface area contributed by atoms with Crippen molar-refractivity contribution in [1.29, 1.82) is 0 Å². The first-order chi connectivity index (χ1) is 9.11. The second kappa shape index (κ2) is 6.16. The van der Waals surface area contributed by atoms with E-state index in [0.29, 0.717) is 6.61 Å². The topological polar surface area (TPSA) is 58.6 Å². The van der Waals surface area contributed by atoms with Crippen molar-refractivity contribution in [3.63, 3.8) is 0 Å². The highest BCUT2D eigenvalue weighted by Crippen LogP contribution is 2.23. The number of ether oxygens (including phenoxy) is 1. The molecular weight excluding hydrogens is 312 g/mol. The molecule has 0 aromatic heterocycles. The van der Waals surface area contributed by atoms with Gasteiger partial charge in [-0.15, -0.1) is 0 Å². The molecule has 0 aliphatic carbocycles. The number of benzene rings is 1. The van der Waals surface area contributed by atoms with Crippen LogP contribution in [0.25, 0.3) is 0 Å². The maximum Gasteiger partial charge on any atom is 0.324 e. The van der Waals surface area contributed by atoms with Crippen LogP contribution in [0.2, 0.25) is 0 Å². The van der Waals surface area contributed by atoms with Crippen molar-refractivity contribution in [3.05, 3.63) is 34.3 Å². The highest BCUT2D eigenvalue weighted by Gasteiger charge is 2.32. The summed E-state index contributed by atoms with van der Waals surface area (Å²) >= 11 is 3.35. The van der Waals surface area contributed by atoms with E-state index < -0.39 is 0 Å². The fourth-order valence-electron chi connectivity index (χ4n) is 1.98. The van der Waals surface area contributed by atoms with E-state index >= 15 is 0 Å². The van der Waals surface area contributed by atoms with Gasteiger partial charge in [-0.05, 0) is 17.7 Å². The Kier molecular flexibility index (Phi) is 4.55. The van der Waals surface area contributed by atoms with Crippen molar-refractivity contribution < 1.29 is 14.3 Å². The Morgan fingerprint density at radius 3 is 2.63 bits per heavy atom. The van der Waals surface area contributed by atoms with E-state index in [1.54, 1.807) is 0 Å². The summed E-state index contributed by atoms with van der Waals surface area (Å²) in [4.78, 5) is 25.0. The lowest BCUT2D eigenvalue weighted by molar-refractivity contribution is -0.130. The van der Waals surface area contributed by atoms with Gasteiger partial charge in [0, 0.05) is 11.6 Å². The van der Waals surface area contributed by atoms with Gasteiger partial charge in [0.1, 0.15) is 0 Å². The molecule has 1 aliphatic rings. The summed E-state index contributed by atoms with van der Waals surface area (Å²) in [5.74, 6) is -0.172. The molecule has 3 amide bonds. The van der Waals surface area contributed by atoms with Crippen LogP contribution in [0.3, 0.4) is 0 Å². The van der Waals surface area contributed by atoms with Crippen molar-refractivity contribution >= 4 is 27.9 Å². The molecule has 1 saturated heterocycles. The number of amides is 3. The average molecular weight is 327 g/mol. The molecule has 1 heterocycles. The summed E-state index contributed by atoms with van der Waals surface area (Å²) in [5, 5.41) is 2.84. The Balaban J connectivity index is 2.06. The van der Waals surface area contributed by atoms with Crippen molar-refractivity contribution in [2.45, 2.75) is 12.5 Å². The summed E-state index contributed by atoms with van der Waals surface area (Å²) in [5.41, 5.74) is 0.927. The van der Waals surface area contributed by atoms with Crippen molar-refractivity contribution in [1.82, 2.24) is 10.2 Å². The molecule has 1 aromatic rings. The third kappa shape index (κ3) is 3.33. The molecule has 1 aliphatic heterocycles. The maximum atomic E-state index is 12.0. The Morgan fingerprint density at radius 1 is 1.37 bits per heavy atom. The first-order valence-corrected chi connectivity index (χ1v) is 6.76. The van der Waals surface area contributed by atoms with E-state index in [2.05, 4.69) is 21.2 Å². The molecule has 19 heavy (non-hydrogen) atoms. The van der Waals surface area contributed by atoms with Crippen LogP contribution in [-0.2, 0) is 9.53 Å². The molecule has 1 N–H and O–H groups in total. The third-order valence-electron chi connectivity index (χ3n) is 3.01. The molecule has 0 radical (unpaired) electrons. The second-order valence-electron chi connectivity index (χ2n) is 4.30. The Labute approximate surface area is 120 Å². The van der Waals surface area contributed by atoms with Crippen molar-refractivity contribution in [2.24, 2.45) is 0 Å². The Bertz CT molecular complexity index is 457. The van der Waals surface area contributed by atoms with Gasteiger partial charge in [-0.3, -0.25) is 9.69 Å². The van der Waals surface area contributed by atoms with E-state index in [4.69, 9.17) is 4.74 Å². The Morgan fingerprint density at radius 2 is 2.05 bits per heavy atom. The first-order valence-electron chi connectivity index (χ1n) is 5.97. The SMILES string of the molecule is COCCN1C(=O)CC(c2ccc(Br)cc2)NC1=O. The van der Waals surface area contributed by atoms with Crippen molar-refractivity contribution in [3.8, 4) is 0 Å². The number of nitrogens with one attached hydrogen (secondary N) is 1. The van der Waals surface area contributed by atoms with Gasteiger partial charge in [-0.25, -0.2) is 4.79 Å². The maximum absolute atomic E-state index is 12.0. The van der Waals surface area contributed by atoms with Crippen LogP contribution >= 0.6 is 15.9 Å². The van der Waals surface area contributed by atoms with Gasteiger partial charge in [0.05, 0.1) is 25.6 Å². The van der Waals surface area contributed by atoms with Crippen LogP contribution in [0.4, 0.5) is 4.79 Å². The Hall–Kier alpha value is -1.40. The molecule has 1 fully saturated rings. The quantitative estimate of drug-likeness (QED) is 0.921. The number of halogens is 1. The lowest BCUT2D eigenvalue weighted by Crippen LogP contribution is -2.52. The van der Waals surface area contributed by atoms with Crippen LogP contribution in [0, 0.1) is 0 Å². The molecule has 6 heteroatoms. The minimum Gasteiger partial charge on any atom is -0.383 e. The minimum atomic E-state index is -0.360. The standard InChI is InChI=1S/C13H15BrN2O3/c1-19-7-6-16-12(17)8-11(15-13(16)18)9-2-4-10(14)5-3-9/h2-5,11H,6-8H2,1H3,(H,15,18). The smallest absolute Gasteiger partial charge is 0.324 e. The van der Waals surface area contributed by atoms with E-state index in [9.17, 15) is 9.59 Å². The number of hydrogen-bond donors (Lipinski definition) is 1. The van der Waals surface area contributed by atoms with Crippen LogP contribution in [0.5, 0.6) is 0 Å². The first kappa shape index (κ1) is 14.0. The molecule has 1 atom stereocenters. The summed E-state index contributed by atoms with van der Waals surface area (Å²) < 4.78 is 5.85. The zero-order chi connectivity index (χ0) is 13.8. The molecular formula is C13H15BrN2O3. The van der Waals surface area contributed by atoms with Gasteiger partial charge in [-0.2, -0.15) is 0 Å². The van der Waals surface area contributed by atoms with E-state index in [1.807, 2.05) is 24.3 Å². The van der Waals surface area contributed by atoms with Crippen molar-refractivity contribution in [2.75, 3.05) is 20.3 Å². The molecule has 102 valence electrons. The van der Waals surface area contributed by atoms with E-state index in [1.165, 1.54) is 12.0 Å². The lowest BCUT2D eigenvalue weighted by Gasteiger charge is -2.31. The summed E-state index contributed by atoms with van der Waals surface area (Å²) in [6.45, 7) is 0.635. The van der Waals surface area contributed by atoms with Gasteiger partial charge >= 0.3 is 6.03 Å². The summed E-state index contributed by atoms with van der Waals surface area (Å²) in [7, 11) is 1.54. The van der Waals surface area contributed by atoms with Crippen LogP contribution in [0.1, 0.15) is 18.0 Å². The van der Waals surface area contributed by atoms with Gasteiger partial charge < -0.3 is 10.1 Å².